The molecule has 1 atom stereocenters. The van der Waals surface area contributed by atoms with Crippen LogP contribution in [0.3, 0.4) is 0 Å². The molecule has 120 valence electrons. The fourth-order valence-electron chi connectivity index (χ4n) is 1.19. The van der Waals surface area contributed by atoms with Gasteiger partial charge in [-0.2, -0.15) is 30.7 Å². The monoisotopic (exact) mass is 312 g/mol. The first-order chi connectivity index (χ1) is 8.73. The number of hydrogen-bond donors (Lipinski definition) is 0. The van der Waals surface area contributed by atoms with Crippen molar-refractivity contribution in [3.63, 3.8) is 0 Å². The molecule has 0 aliphatic carbocycles. The molecule has 2 nitrogen and oxygen atoms in total. The summed E-state index contributed by atoms with van der Waals surface area (Å²) < 4.78 is 90.4. The Morgan fingerprint density at radius 2 is 1.40 bits per heavy atom. The van der Waals surface area contributed by atoms with Crippen LogP contribution in [0.2, 0.25) is 0 Å². The van der Waals surface area contributed by atoms with Gasteiger partial charge in [-0.3, -0.25) is 0 Å². The number of carbonyl (C=O) groups is 1. The fraction of sp³-hybridized carbons (Fsp3) is 0.909. The summed E-state index contributed by atoms with van der Waals surface area (Å²) in [4.78, 5) is 10.9. The Morgan fingerprint density at radius 3 is 1.75 bits per heavy atom. The van der Waals surface area contributed by atoms with Gasteiger partial charge in [0.2, 0.25) is 0 Å². The van der Waals surface area contributed by atoms with Crippen LogP contribution in [0.1, 0.15) is 33.6 Å². The second kappa shape index (κ2) is 6.17. The molecule has 0 rings (SSSR count). The summed E-state index contributed by atoms with van der Waals surface area (Å²) in [6.07, 6.45) is -7.21. The topological polar surface area (TPSA) is 26.3 Å². The van der Waals surface area contributed by atoms with E-state index >= 15 is 0 Å². The van der Waals surface area contributed by atoms with Gasteiger partial charge in [-0.25, -0.2) is 4.79 Å². The Kier molecular flexibility index (Phi) is 5.86. The van der Waals surface area contributed by atoms with Crippen LogP contribution in [0.25, 0.3) is 0 Å². The smallest absolute Gasteiger partial charge is 0.458 e. The minimum absolute atomic E-state index is 0.0804. The number of esters is 1. The van der Waals surface area contributed by atoms with Crippen LogP contribution >= 0.6 is 0 Å². The SMILES string of the molecule is CC(C)CCC(C)OC(=O)C(F)(F)C(F)(F)C(F)(F)F. The second-order valence-corrected chi connectivity index (χ2v) is 4.83. The van der Waals surface area contributed by atoms with Crippen molar-refractivity contribution in [3.05, 3.63) is 0 Å². The molecule has 1 unspecified atom stereocenters. The molecule has 0 fully saturated rings. The van der Waals surface area contributed by atoms with Crippen LogP contribution in [0.5, 0.6) is 0 Å². The van der Waals surface area contributed by atoms with Gasteiger partial charge in [-0.05, 0) is 25.7 Å². The maximum atomic E-state index is 12.9. The summed E-state index contributed by atoms with van der Waals surface area (Å²) >= 11 is 0. The van der Waals surface area contributed by atoms with Crippen molar-refractivity contribution < 1.29 is 40.3 Å². The molecule has 0 bridgehead atoms. The van der Waals surface area contributed by atoms with Crippen molar-refractivity contribution in [1.29, 1.82) is 0 Å². The number of alkyl halides is 7. The predicted molar refractivity (Wildman–Crippen MR) is 55.6 cm³/mol. The van der Waals surface area contributed by atoms with Gasteiger partial charge in [0.15, 0.2) is 0 Å². The van der Waals surface area contributed by atoms with Gasteiger partial charge in [0.1, 0.15) is 0 Å². The molecule has 0 aliphatic rings. The molecule has 9 heteroatoms. The van der Waals surface area contributed by atoms with Crippen molar-refractivity contribution in [2.75, 3.05) is 0 Å². The van der Waals surface area contributed by atoms with E-state index in [0.29, 0.717) is 6.42 Å². The van der Waals surface area contributed by atoms with Crippen molar-refractivity contribution in [2.45, 2.75) is 57.7 Å². The third-order valence-corrected chi connectivity index (χ3v) is 2.47. The van der Waals surface area contributed by atoms with Gasteiger partial charge >= 0.3 is 24.0 Å². The lowest BCUT2D eigenvalue weighted by molar-refractivity contribution is -0.349. The molecule has 0 aromatic carbocycles. The van der Waals surface area contributed by atoms with E-state index in [4.69, 9.17) is 0 Å². The molecule has 0 aromatic heterocycles. The third-order valence-electron chi connectivity index (χ3n) is 2.47. The summed E-state index contributed by atoms with van der Waals surface area (Å²) in [7, 11) is 0. The summed E-state index contributed by atoms with van der Waals surface area (Å²) in [5.41, 5.74) is 0. The Hall–Kier alpha value is -1.02. The standard InChI is InChI=1S/C11H15F7O2/c1-6(2)4-5-7(3)20-8(19)9(12,13)10(14,15)11(16,17)18/h6-7H,4-5H2,1-3H3. The summed E-state index contributed by atoms with van der Waals surface area (Å²) in [5, 5.41) is 0. The maximum Gasteiger partial charge on any atom is 0.460 e. The maximum absolute atomic E-state index is 12.9. The van der Waals surface area contributed by atoms with E-state index in [9.17, 15) is 35.5 Å². The van der Waals surface area contributed by atoms with E-state index in [1.54, 1.807) is 13.8 Å². The van der Waals surface area contributed by atoms with Gasteiger partial charge in [0, 0.05) is 0 Å². The first kappa shape index (κ1) is 19.0. The van der Waals surface area contributed by atoms with E-state index in [1.807, 2.05) is 0 Å². The average Bonchev–Trinajstić information content (AvgIpc) is 2.24. The van der Waals surface area contributed by atoms with Crippen LogP contribution in [0.4, 0.5) is 30.7 Å². The Morgan fingerprint density at radius 1 is 0.950 bits per heavy atom. The highest BCUT2D eigenvalue weighted by molar-refractivity contribution is 5.79. The van der Waals surface area contributed by atoms with Crippen LogP contribution < -0.4 is 0 Å². The Bertz CT molecular complexity index is 336. The van der Waals surface area contributed by atoms with Crippen molar-refractivity contribution >= 4 is 5.97 Å². The van der Waals surface area contributed by atoms with E-state index in [2.05, 4.69) is 4.74 Å². The lowest BCUT2D eigenvalue weighted by Crippen LogP contribution is -2.57. The molecular formula is C11H15F7O2. The van der Waals surface area contributed by atoms with E-state index in [0.717, 1.165) is 6.92 Å². The third kappa shape index (κ3) is 4.24. The van der Waals surface area contributed by atoms with Gasteiger partial charge in [0.05, 0.1) is 6.10 Å². The quantitative estimate of drug-likeness (QED) is 0.543. The van der Waals surface area contributed by atoms with Crippen LogP contribution in [-0.2, 0) is 9.53 Å². The summed E-state index contributed by atoms with van der Waals surface area (Å²) in [6, 6.07) is 0. The molecule has 0 heterocycles. The highest BCUT2D eigenvalue weighted by Gasteiger charge is 2.77. The van der Waals surface area contributed by atoms with Crippen molar-refractivity contribution in [3.8, 4) is 0 Å². The van der Waals surface area contributed by atoms with Crippen LogP contribution in [0, 0.1) is 5.92 Å². The Balaban J connectivity index is 4.83. The molecule has 0 radical (unpaired) electrons. The Labute approximate surface area is 111 Å². The number of rotatable bonds is 6. The molecule has 0 amide bonds. The van der Waals surface area contributed by atoms with Crippen LogP contribution in [-0.4, -0.2) is 30.1 Å². The zero-order valence-corrected chi connectivity index (χ0v) is 11.0. The van der Waals surface area contributed by atoms with E-state index in [1.165, 1.54) is 0 Å². The molecule has 0 N–H and O–H groups in total. The highest BCUT2D eigenvalue weighted by Crippen LogP contribution is 2.47. The number of ether oxygens (including phenoxy) is 1. The van der Waals surface area contributed by atoms with Gasteiger partial charge in [-0.1, -0.05) is 13.8 Å². The zero-order valence-electron chi connectivity index (χ0n) is 11.0. The predicted octanol–water partition coefficient (Wildman–Crippen LogP) is 4.19. The molecular weight excluding hydrogens is 297 g/mol. The first-order valence-electron chi connectivity index (χ1n) is 5.77. The molecule has 0 aromatic rings. The average molecular weight is 312 g/mol. The second-order valence-electron chi connectivity index (χ2n) is 4.83. The molecule has 0 spiro atoms. The number of carbonyl (C=O) groups excluding carboxylic acids is 1. The van der Waals surface area contributed by atoms with Crippen molar-refractivity contribution in [2.24, 2.45) is 5.92 Å². The number of hydrogen-bond acceptors (Lipinski definition) is 2. The van der Waals surface area contributed by atoms with Crippen LogP contribution in [0.15, 0.2) is 0 Å². The molecule has 20 heavy (non-hydrogen) atoms. The molecule has 0 saturated heterocycles. The van der Waals surface area contributed by atoms with Gasteiger partial charge < -0.3 is 4.74 Å². The van der Waals surface area contributed by atoms with E-state index in [-0.39, 0.29) is 12.3 Å². The summed E-state index contributed by atoms with van der Waals surface area (Å²) in [6.45, 7) is 4.70. The molecule has 0 aliphatic heterocycles. The zero-order chi connectivity index (χ0) is 16.4. The van der Waals surface area contributed by atoms with Crippen molar-refractivity contribution in [1.82, 2.24) is 0 Å². The fourth-order valence-corrected chi connectivity index (χ4v) is 1.19. The van der Waals surface area contributed by atoms with Gasteiger partial charge in [-0.15, -0.1) is 0 Å². The largest absolute Gasteiger partial charge is 0.460 e. The first-order valence-corrected chi connectivity index (χ1v) is 5.77. The molecule has 0 saturated carbocycles. The number of halogens is 7. The highest BCUT2D eigenvalue weighted by atomic mass is 19.4. The lowest BCUT2D eigenvalue weighted by atomic mass is 10.1. The summed E-state index contributed by atoms with van der Waals surface area (Å²) in [5.74, 6) is -15.2. The van der Waals surface area contributed by atoms with Gasteiger partial charge in [0.25, 0.3) is 0 Å². The van der Waals surface area contributed by atoms with E-state index < -0.39 is 30.1 Å². The minimum atomic E-state index is -6.54. The normalized spacial score (nSPS) is 15.3. The minimum Gasteiger partial charge on any atom is -0.458 e. The lowest BCUT2D eigenvalue weighted by Gasteiger charge is -2.27.